The number of sulfone groups is 1. The maximum atomic E-state index is 12.4. The molecule has 2 aromatic heterocycles. The molecule has 3 nitrogen and oxygen atoms in total. The number of benzene rings is 1. The monoisotopic (exact) mass is 323 g/mol. The molecule has 3 rings (SSSR count). The summed E-state index contributed by atoms with van der Waals surface area (Å²) in [7, 11) is -3.36. The fourth-order valence-corrected chi connectivity index (χ4v) is 5.01. The molecule has 0 spiro atoms. The molecule has 0 amide bonds. The molecule has 102 valence electrons. The van der Waals surface area contributed by atoms with Gasteiger partial charge >= 0.3 is 0 Å². The number of thiophene rings is 1. The summed E-state index contributed by atoms with van der Waals surface area (Å²) in [5.74, 6) is -0.00822. The van der Waals surface area contributed by atoms with Crippen LogP contribution in [-0.2, 0) is 15.6 Å². The Hall–Kier alpha value is -1.43. The number of hydrogen-bond donors (Lipinski definition) is 0. The van der Waals surface area contributed by atoms with Crippen LogP contribution in [0.25, 0.3) is 10.1 Å². The minimum absolute atomic E-state index is 0.00822. The number of rotatable bonds is 3. The van der Waals surface area contributed by atoms with Gasteiger partial charge in [0, 0.05) is 16.3 Å². The van der Waals surface area contributed by atoms with Crippen molar-refractivity contribution in [2.24, 2.45) is 0 Å². The number of hydrogen-bond acceptors (Lipinski definition) is 4. The van der Waals surface area contributed by atoms with Gasteiger partial charge in [-0.3, -0.25) is 0 Å². The summed E-state index contributed by atoms with van der Waals surface area (Å²) < 4.78 is 26.0. The van der Waals surface area contributed by atoms with E-state index in [4.69, 9.17) is 11.6 Å². The molecule has 20 heavy (non-hydrogen) atoms. The molecule has 0 atom stereocenters. The topological polar surface area (TPSA) is 47.0 Å². The Labute approximate surface area is 125 Å². The zero-order valence-corrected chi connectivity index (χ0v) is 12.7. The Bertz CT molecular complexity index is 857. The summed E-state index contributed by atoms with van der Waals surface area (Å²) >= 11 is 7.21. The molecule has 0 aliphatic rings. The van der Waals surface area contributed by atoms with Gasteiger partial charge in [-0.2, -0.15) is 0 Å². The summed E-state index contributed by atoms with van der Waals surface area (Å²) in [5.41, 5.74) is 0.772. The van der Waals surface area contributed by atoms with Gasteiger partial charge in [0.2, 0.25) is 0 Å². The van der Waals surface area contributed by atoms with Crippen LogP contribution >= 0.6 is 22.9 Å². The van der Waals surface area contributed by atoms with Crippen LogP contribution in [0.15, 0.2) is 52.9 Å². The predicted molar refractivity (Wildman–Crippen MR) is 82.0 cm³/mol. The lowest BCUT2D eigenvalue weighted by molar-refractivity contribution is 0.597. The van der Waals surface area contributed by atoms with Crippen LogP contribution in [0.5, 0.6) is 0 Å². The Balaban J connectivity index is 2.03. The highest BCUT2D eigenvalue weighted by Gasteiger charge is 2.19. The van der Waals surface area contributed by atoms with Gasteiger partial charge < -0.3 is 0 Å². The summed E-state index contributed by atoms with van der Waals surface area (Å²) in [4.78, 5) is 3.96. The first-order valence-corrected chi connectivity index (χ1v) is 8.72. The molecule has 0 aliphatic carbocycles. The number of aromatic nitrogens is 1. The van der Waals surface area contributed by atoms with Crippen molar-refractivity contribution in [3.8, 4) is 0 Å². The summed E-state index contributed by atoms with van der Waals surface area (Å²) in [6.07, 6.45) is 1.58. The average molecular weight is 324 g/mol. The molecule has 0 radical (unpaired) electrons. The number of pyridine rings is 1. The zero-order valence-electron chi connectivity index (χ0n) is 10.3. The van der Waals surface area contributed by atoms with Crippen molar-refractivity contribution in [1.29, 1.82) is 0 Å². The summed E-state index contributed by atoms with van der Waals surface area (Å²) in [6, 6.07) is 12.5. The largest absolute Gasteiger partial charge is 0.244 e. The molecule has 3 aromatic rings. The minimum Gasteiger partial charge on any atom is -0.244 e. The standard InChI is InChI=1S/C14H10ClNO2S2/c15-14-11-8-13(19-12(11)6-7-16-14)20(17,18)9-10-4-2-1-3-5-10/h1-8H,9H2. The highest BCUT2D eigenvalue weighted by Crippen LogP contribution is 2.33. The Kier molecular flexibility index (Phi) is 3.50. The van der Waals surface area contributed by atoms with Gasteiger partial charge in [-0.1, -0.05) is 41.9 Å². The third kappa shape index (κ3) is 2.57. The van der Waals surface area contributed by atoms with E-state index in [2.05, 4.69) is 4.98 Å². The van der Waals surface area contributed by atoms with Crippen molar-refractivity contribution in [2.75, 3.05) is 0 Å². The van der Waals surface area contributed by atoms with Gasteiger partial charge in [-0.25, -0.2) is 13.4 Å². The lowest BCUT2D eigenvalue weighted by Crippen LogP contribution is -2.02. The lowest BCUT2D eigenvalue weighted by Gasteiger charge is -2.01. The molecular formula is C14H10ClNO2S2. The normalized spacial score (nSPS) is 11.8. The Morgan fingerprint density at radius 1 is 1.15 bits per heavy atom. The maximum Gasteiger partial charge on any atom is 0.191 e. The van der Waals surface area contributed by atoms with Crippen molar-refractivity contribution < 1.29 is 8.42 Å². The third-order valence-corrected chi connectivity index (χ3v) is 6.53. The Morgan fingerprint density at radius 3 is 2.60 bits per heavy atom. The summed E-state index contributed by atoms with van der Waals surface area (Å²) in [5, 5.41) is 1.02. The molecule has 0 aliphatic heterocycles. The first-order chi connectivity index (χ1) is 9.56. The van der Waals surface area contributed by atoms with Gasteiger partial charge in [0.25, 0.3) is 0 Å². The zero-order chi connectivity index (χ0) is 14.2. The number of nitrogens with zero attached hydrogens (tertiary/aromatic N) is 1. The van der Waals surface area contributed by atoms with E-state index in [0.717, 1.165) is 10.3 Å². The molecule has 0 fully saturated rings. The van der Waals surface area contributed by atoms with Gasteiger partial charge in [-0.05, 0) is 17.7 Å². The quantitative estimate of drug-likeness (QED) is 0.686. The smallest absolute Gasteiger partial charge is 0.191 e. The van der Waals surface area contributed by atoms with Crippen LogP contribution < -0.4 is 0 Å². The van der Waals surface area contributed by atoms with E-state index in [9.17, 15) is 8.42 Å². The van der Waals surface area contributed by atoms with Crippen molar-refractivity contribution in [3.63, 3.8) is 0 Å². The number of halogens is 1. The number of fused-ring (bicyclic) bond motifs is 1. The highest BCUT2D eigenvalue weighted by molar-refractivity contribution is 7.92. The lowest BCUT2D eigenvalue weighted by atomic mass is 10.2. The maximum absolute atomic E-state index is 12.4. The first kappa shape index (κ1) is 13.5. The second kappa shape index (κ2) is 5.16. The van der Waals surface area contributed by atoms with Gasteiger partial charge in [0.05, 0.1) is 5.75 Å². The second-order valence-corrected chi connectivity index (χ2v) is 7.98. The van der Waals surface area contributed by atoms with Gasteiger partial charge in [-0.15, -0.1) is 11.3 Å². The molecule has 0 saturated heterocycles. The van der Waals surface area contributed by atoms with E-state index in [-0.39, 0.29) is 5.75 Å². The van der Waals surface area contributed by atoms with Crippen LogP contribution in [0.1, 0.15) is 5.56 Å². The molecule has 6 heteroatoms. The molecule has 0 unspecified atom stereocenters. The van der Waals surface area contributed by atoms with E-state index in [1.54, 1.807) is 30.5 Å². The van der Waals surface area contributed by atoms with Gasteiger partial charge in [0.15, 0.2) is 9.84 Å². The molecule has 0 N–H and O–H groups in total. The predicted octanol–water partition coefficient (Wildman–Crippen LogP) is 3.92. The highest BCUT2D eigenvalue weighted by atomic mass is 35.5. The van der Waals surface area contributed by atoms with Crippen LogP contribution in [0, 0.1) is 0 Å². The van der Waals surface area contributed by atoms with Crippen LogP contribution in [-0.4, -0.2) is 13.4 Å². The van der Waals surface area contributed by atoms with Crippen LogP contribution in [0.2, 0.25) is 5.15 Å². The molecular weight excluding hydrogens is 314 g/mol. The SMILES string of the molecule is O=S(=O)(Cc1ccccc1)c1cc2c(Cl)nccc2s1. The third-order valence-electron chi connectivity index (χ3n) is 2.88. The van der Waals surface area contributed by atoms with E-state index >= 15 is 0 Å². The fourth-order valence-electron chi connectivity index (χ4n) is 1.92. The van der Waals surface area contributed by atoms with Crippen molar-refractivity contribution in [1.82, 2.24) is 4.98 Å². The molecule has 0 bridgehead atoms. The van der Waals surface area contributed by atoms with E-state index in [1.165, 1.54) is 11.3 Å². The second-order valence-electron chi connectivity index (χ2n) is 4.32. The van der Waals surface area contributed by atoms with E-state index in [0.29, 0.717) is 14.7 Å². The van der Waals surface area contributed by atoms with Gasteiger partial charge in [0.1, 0.15) is 9.36 Å². The molecule has 2 heterocycles. The average Bonchev–Trinajstić information content (AvgIpc) is 2.86. The fraction of sp³-hybridized carbons (Fsp3) is 0.0714. The van der Waals surface area contributed by atoms with Crippen molar-refractivity contribution in [3.05, 3.63) is 59.4 Å². The molecule has 1 aromatic carbocycles. The molecule has 0 saturated carbocycles. The minimum atomic E-state index is -3.36. The van der Waals surface area contributed by atoms with Crippen molar-refractivity contribution >= 4 is 42.9 Å². The van der Waals surface area contributed by atoms with E-state index in [1.807, 2.05) is 18.2 Å². The summed E-state index contributed by atoms with van der Waals surface area (Å²) in [6.45, 7) is 0. The Morgan fingerprint density at radius 2 is 1.90 bits per heavy atom. The van der Waals surface area contributed by atoms with Crippen LogP contribution in [0.3, 0.4) is 0 Å². The van der Waals surface area contributed by atoms with Crippen LogP contribution in [0.4, 0.5) is 0 Å². The first-order valence-electron chi connectivity index (χ1n) is 5.87. The van der Waals surface area contributed by atoms with E-state index < -0.39 is 9.84 Å². The van der Waals surface area contributed by atoms with Crippen molar-refractivity contribution in [2.45, 2.75) is 9.96 Å².